The molecule has 136 valence electrons. The van der Waals surface area contributed by atoms with Crippen molar-refractivity contribution in [3.05, 3.63) is 79.5 Å². The fourth-order valence-corrected chi connectivity index (χ4v) is 4.87. The summed E-state index contributed by atoms with van der Waals surface area (Å²) in [6.07, 6.45) is 2.51. The van der Waals surface area contributed by atoms with Gasteiger partial charge in [-0.2, -0.15) is 5.26 Å². The number of hydrogen-bond donors (Lipinski definition) is 1. The molecule has 3 nitrogen and oxygen atoms in total. The van der Waals surface area contributed by atoms with E-state index in [-0.39, 0.29) is 16.9 Å². The highest BCUT2D eigenvalue weighted by molar-refractivity contribution is 9.10. The van der Waals surface area contributed by atoms with E-state index in [9.17, 15) is 10.1 Å². The Balaban J connectivity index is 1.87. The lowest BCUT2D eigenvalue weighted by Crippen LogP contribution is -2.29. The van der Waals surface area contributed by atoms with Crippen LogP contribution in [0.15, 0.2) is 51.7 Å². The van der Waals surface area contributed by atoms with Crippen LogP contribution in [0.2, 0.25) is 0 Å². The fraction of sp³-hybridized carbons (Fsp3) is 0.304. The van der Waals surface area contributed by atoms with Gasteiger partial charge < -0.3 is 4.98 Å². The van der Waals surface area contributed by atoms with E-state index in [1.165, 1.54) is 11.1 Å². The van der Waals surface area contributed by atoms with Gasteiger partial charge in [0.1, 0.15) is 0 Å². The number of rotatable bonds is 3. The van der Waals surface area contributed by atoms with Crippen LogP contribution in [0.5, 0.6) is 0 Å². The maximum Gasteiger partial charge on any atom is 0.251 e. The zero-order valence-corrected chi connectivity index (χ0v) is 17.1. The van der Waals surface area contributed by atoms with Gasteiger partial charge >= 0.3 is 0 Å². The number of aromatic amines is 1. The second-order valence-corrected chi connectivity index (χ2v) is 8.69. The molecule has 27 heavy (non-hydrogen) atoms. The molecule has 0 saturated carbocycles. The van der Waals surface area contributed by atoms with E-state index >= 15 is 0 Å². The summed E-state index contributed by atoms with van der Waals surface area (Å²) in [7, 11) is 0. The number of fused-ring (bicyclic) bond motifs is 2. The SMILES string of the molecule is Cc1cc2ccc([C@@](C)(CC#N)[C@H]3CCc4ccc(Br)cc43)cc2[nH]c1=O. The highest BCUT2D eigenvalue weighted by Crippen LogP contribution is 2.49. The Morgan fingerprint density at radius 2 is 2.07 bits per heavy atom. The molecule has 4 rings (SSSR count). The van der Waals surface area contributed by atoms with Gasteiger partial charge in [0, 0.05) is 27.4 Å². The Morgan fingerprint density at radius 1 is 1.26 bits per heavy atom. The first-order chi connectivity index (χ1) is 12.9. The first kappa shape index (κ1) is 18.0. The number of aromatic nitrogens is 1. The fourth-order valence-electron chi connectivity index (χ4n) is 4.49. The lowest BCUT2D eigenvalue weighted by atomic mass is 9.67. The van der Waals surface area contributed by atoms with Crippen molar-refractivity contribution in [1.82, 2.24) is 4.98 Å². The van der Waals surface area contributed by atoms with Crippen LogP contribution in [0.25, 0.3) is 10.9 Å². The smallest absolute Gasteiger partial charge is 0.251 e. The molecule has 4 heteroatoms. The summed E-state index contributed by atoms with van der Waals surface area (Å²) in [5.74, 6) is 0.277. The average Bonchev–Trinajstić information content (AvgIpc) is 3.06. The van der Waals surface area contributed by atoms with Crippen LogP contribution in [0.1, 0.15) is 47.9 Å². The minimum atomic E-state index is -0.309. The van der Waals surface area contributed by atoms with Crippen molar-refractivity contribution in [1.29, 1.82) is 5.26 Å². The third-order valence-corrected chi connectivity index (χ3v) is 6.59. The van der Waals surface area contributed by atoms with Crippen LogP contribution < -0.4 is 5.56 Å². The average molecular weight is 421 g/mol. The van der Waals surface area contributed by atoms with Gasteiger partial charge in [-0.15, -0.1) is 0 Å². The van der Waals surface area contributed by atoms with E-state index in [2.05, 4.69) is 70.3 Å². The van der Waals surface area contributed by atoms with E-state index in [1.807, 2.05) is 13.0 Å². The van der Waals surface area contributed by atoms with Gasteiger partial charge in [-0.25, -0.2) is 0 Å². The first-order valence-electron chi connectivity index (χ1n) is 9.22. The highest BCUT2D eigenvalue weighted by atomic mass is 79.9. The third-order valence-electron chi connectivity index (χ3n) is 6.09. The third kappa shape index (κ3) is 3.00. The van der Waals surface area contributed by atoms with Gasteiger partial charge in [-0.05, 0) is 72.0 Å². The topological polar surface area (TPSA) is 56.6 Å². The Bertz CT molecular complexity index is 1140. The van der Waals surface area contributed by atoms with Crippen molar-refractivity contribution < 1.29 is 0 Å². The molecule has 2 atom stereocenters. The van der Waals surface area contributed by atoms with Crippen LogP contribution in [-0.2, 0) is 11.8 Å². The summed E-state index contributed by atoms with van der Waals surface area (Å²) < 4.78 is 1.07. The lowest BCUT2D eigenvalue weighted by Gasteiger charge is -2.35. The Morgan fingerprint density at radius 3 is 2.85 bits per heavy atom. The molecule has 1 aliphatic rings. The quantitative estimate of drug-likeness (QED) is 0.607. The number of H-pyrrole nitrogens is 1. The molecule has 1 aromatic heterocycles. The molecule has 1 N–H and O–H groups in total. The molecule has 0 amide bonds. The van der Waals surface area contributed by atoms with E-state index in [0.717, 1.165) is 33.8 Å². The van der Waals surface area contributed by atoms with Crippen LogP contribution in [0, 0.1) is 18.3 Å². The van der Waals surface area contributed by atoms with E-state index in [0.29, 0.717) is 12.0 Å². The Labute approximate surface area is 167 Å². The molecule has 0 spiro atoms. The van der Waals surface area contributed by atoms with Crippen molar-refractivity contribution in [3.8, 4) is 6.07 Å². The maximum atomic E-state index is 12.1. The van der Waals surface area contributed by atoms with E-state index in [4.69, 9.17) is 0 Å². The van der Waals surface area contributed by atoms with Crippen LogP contribution in [0.4, 0.5) is 0 Å². The molecule has 0 bridgehead atoms. The molecular weight excluding hydrogens is 400 g/mol. The number of benzene rings is 2. The van der Waals surface area contributed by atoms with E-state index < -0.39 is 0 Å². The molecule has 2 aromatic carbocycles. The van der Waals surface area contributed by atoms with Gasteiger partial charge in [0.25, 0.3) is 5.56 Å². The van der Waals surface area contributed by atoms with Crippen LogP contribution >= 0.6 is 15.9 Å². The van der Waals surface area contributed by atoms with Gasteiger partial charge in [0.15, 0.2) is 0 Å². The zero-order chi connectivity index (χ0) is 19.2. The molecule has 0 saturated heterocycles. The van der Waals surface area contributed by atoms with Crippen LogP contribution in [-0.4, -0.2) is 4.98 Å². The molecule has 1 aliphatic carbocycles. The zero-order valence-electron chi connectivity index (χ0n) is 15.5. The van der Waals surface area contributed by atoms with Crippen LogP contribution in [0.3, 0.4) is 0 Å². The molecule has 0 aliphatic heterocycles. The predicted molar refractivity (Wildman–Crippen MR) is 112 cm³/mol. The first-order valence-corrected chi connectivity index (χ1v) is 10.0. The summed E-state index contributed by atoms with van der Waals surface area (Å²) in [6.45, 7) is 4.00. The van der Waals surface area contributed by atoms with Gasteiger partial charge in [-0.3, -0.25) is 4.79 Å². The molecule has 0 radical (unpaired) electrons. The van der Waals surface area contributed by atoms with Crippen molar-refractivity contribution in [2.75, 3.05) is 0 Å². The summed E-state index contributed by atoms with van der Waals surface area (Å²) >= 11 is 3.60. The highest BCUT2D eigenvalue weighted by Gasteiger charge is 2.40. The van der Waals surface area contributed by atoms with Crippen molar-refractivity contribution >= 4 is 26.8 Å². The predicted octanol–water partition coefficient (Wildman–Crippen LogP) is 5.50. The minimum Gasteiger partial charge on any atom is -0.322 e. The Kier molecular flexibility index (Phi) is 4.44. The van der Waals surface area contributed by atoms with Gasteiger partial charge in [-0.1, -0.05) is 41.1 Å². The number of nitrogens with zero attached hydrogens (tertiary/aromatic N) is 1. The number of aryl methyl sites for hydroxylation is 2. The van der Waals surface area contributed by atoms with Crippen molar-refractivity contribution in [3.63, 3.8) is 0 Å². The summed E-state index contributed by atoms with van der Waals surface area (Å²) in [4.78, 5) is 15.0. The summed E-state index contributed by atoms with van der Waals surface area (Å²) in [5.41, 5.74) is 4.99. The van der Waals surface area contributed by atoms with Gasteiger partial charge in [0.05, 0.1) is 6.07 Å². The van der Waals surface area contributed by atoms with E-state index in [1.54, 1.807) is 0 Å². The number of nitrogens with one attached hydrogen (secondary N) is 1. The molecule has 1 heterocycles. The normalized spacial score (nSPS) is 18.1. The maximum absolute atomic E-state index is 12.1. The number of pyridine rings is 1. The number of hydrogen-bond acceptors (Lipinski definition) is 2. The second-order valence-electron chi connectivity index (χ2n) is 7.77. The largest absolute Gasteiger partial charge is 0.322 e. The number of nitriles is 1. The summed E-state index contributed by atoms with van der Waals surface area (Å²) in [6, 6.07) is 17.0. The summed E-state index contributed by atoms with van der Waals surface area (Å²) in [5, 5.41) is 10.6. The van der Waals surface area contributed by atoms with Gasteiger partial charge in [0.2, 0.25) is 0 Å². The monoisotopic (exact) mass is 420 g/mol. The number of halogens is 1. The van der Waals surface area contributed by atoms with Crippen molar-refractivity contribution in [2.24, 2.45) is 0 Å². The second kappa shape index (κ2) is 6.65. The minimum absolute atomic E-state index is 0.0585. The lowest BCUT2D eigenvalue weighted by molar-refractivity contribution is 0.379. The molecular formula is C23H21BrN2O. The standard InChI is InChI=1S/C23H21BrN2O/c1-14-11-16-3-6-17(12-21(16)26-22(14)27)23(2,9-10-25)20-8-5-15-4-7-18(24)13-19(15)20/h3-4,6-7,11-13,20H,5,8-9H2,1-2H3,(H,26,27)/t20-,23+/m0/s1. The molecule has 0 fully saturated rings. The molecule has 0 unspecified atom stereocenters. The van der Waals surface area contributed by atoms with Crippen molar-refractivity contribution in [2.45, 2.75) is 44.4 Å². The Hall–Kier alpha value is -2.38. The molecule has 3 aromatic rings.